The third kappa shape index (κ3) is 6.11. The van der Waals surface area contributed by atoms with E-state index in [1.807, 2.05) is 0 Å². The average Bonchev–Trinajstić information content (AvgIpc) is 2.59. The predicted molar refractivity (Wildman–Crippen MR) is 92.3 cm³/mol. The van der Waals surface area contributed by atoms with Crippen LogP contribution in [0.25, 0.3) is 0 Å². The van der Waals surface area contributed by atoms with Gasteiger partial charge in [-0.3, -0.25) is 9.59 Å². The predicted octanol–water partition coefficient (Wildman–Crippen LogP) is 4.16. The number of halogens is 3. The van der Waals surface area contributed by atoms with Crippen LogP contribution in [0.3, 0.4) is 0 Å². The minimum absolute atomic E-state index is 0.0462. The van der Waals surface area contributed by atoms with Gasteiger partial charge in [-0.15, -0.1) is 11.8 Å². The lowest BCUT2D eigenvalue weighted by atomic mass is 10.2. The van der Waals surface area contributed by atoms with Crippen molar-refractivity contribution in [3.05, 3.63) is 59.9 Å². The van der Waals surface area contributed by atoms with E-state index in [0.29, 0.717) is 11.8 Å². The number of carbonyl (C=O) groups is 2. The first-order valence-corrected chi connectivity index (χ1v) is 8.67. The number of carbonyl (C=O) groups excluding carboxylic acids is 2. The Morgan fingerprint density at radius 1 is 1.08 bits per heavy atom. The molecule has 0 fully saturated rings. The maximum atomic E-state index is 13.5. The molecule has 138 valence electrons. The fraction of sp³-hybridized carbons (Fsp3) is 0.222. The number of ether oxygens (including phenoxy) is 1. The molecule has 0 aliphatic carbocycles. The second kappa shape index (κ2) is 9.28. The van der Waals surface area contributed by atoms with Gasteiger partial charge in [0.15, 0.2) is 6.10 Å². The van der Waals surface area contributed by atoms with Crippen LogP contribution in [0.5, 0.6) is 0 Å². The lowest BCUT2D eigenvalue weighted by Crippen LogP contribution is -2.30. The second-order valence-corrected chi connectivity index (χ2v) is 6.47. The normalized spacial score (nSPS) is 11.7. The Kier molecular flexibility index (Phi) is 7.08. The Morgan fingerprint density at radius 3 is 2.38 bits per heavy atom. The molecule has 0 unspecified atom stereocenters. The Morgan fingerprint density at radius 2 is 1.73 bits per heavy atom. The molecule has 2 rings (SSSR count). The van der Waals surface area contributed by atoms with Crippen molar-refractivity contribution in [2.24, 2.45) is 0 Å². The first-order valence-electron chi connectivity index (χ1n) is 7.69. The summed E-state index contributed by atoms with van der Waals surface area (Å²) in [5, 5.41) is 2.23. The molecule has 0 heterocycles. The van der Waals surface area contributed by atoms with Gasteiger partial charge in [0.25, 0.3) is 5.91 Å². The minimum atomic E-state index is -1.14. The fourth-order valence-corrected chi connectivity index (χ4v) is 2.75. The molecule has 8 heteroatoms. The zero-order valence-corrected chi connectivity index (χ0v) is 14.6. The molecular formula is C18H16F3NO3S. The van der Waals surface area contributed by atoms with Crippen molar-refractivity contribution in [3.63, 3.8) is 0 Å². The standard InChI is InChI=1S/C18H16F3NO3S/c1-11(18(24)22-16-7-4-13(20)10-15(16)21)25-17(23)8-9-26-14-5-2-12(19)3-6-14/h2-7,10-11H,8-9H2,1H3,(H,22,24)/t11-/m1/s1. The molecule has 1 atom stereocenters. The summed E-state index contributed by atoms with van der Waals surface area (Å²) in [4.78, 5) is 24.5. The third-order valence-electron chi connectivity index (χ3n) is 3.26. The number of hydrogen-bond donors (Lipinski definition) is 1. The van der Waals surface area contributed by atoms with E-state index in [-0.39, 0.29) is 17.9 Å². The largest absolute Gasteiger partial charge is 0.453 e. The lowest BCUT2D eigenvalue weighted by Gasteiger charge is -2.14. The van der Waals surface area contributed by atoms with Crippen LogP contribution >= 0.6 is 11.8 Å². The highest BCUT2D eigenvalue weighted by Crippen LogP contribution is 2.19. The Balaban J connectivity index is 1.76. The SMILES string of the molecule is C[C@@H](OC(=O)CCSc1ccc(F)cc1)C(=O)Nc1ccc(F)cc1F. The summed E-state index contributed by atoms with van der Waals surface area (Å²) in [7, 11) is 0. The van der Waals surface area contributed by atoms with Crippen molar-refractivity contribution in [3.8, 4) is 0 Å². The van der Waals surface area contributed by atoms with E-state index in [1.54, 1.807) is 12.1 Å². The van der Waals surface area contributed by atoms with Gasteiger partial charge < -0.3 is 10.1 Å². The third-order valence-corrected chi connectivity index (χ3v) is 4.27. The van der Waals surface area contributed by atoms with E-state index in [1.165, 1.54) is 30.8 Å². The number of esters is 1. The highest BCUT2D eigenvalue weighted by atomic mass is 32.2. The Bertz CT molecular complexity index is 784. The minimum Gasteiger partial charge on any atom is -0.453 e. The highest BCUT2D eigenvalue weighted by Gasteiger charge is 2.19. The number of amides is 1. The second-order valence-electron chi connectivity index (χ2n) is 5.30. The van der Waals surface area contributed by atoms with Crippen molar-refractivity contribution in [2.75, 3.05) is 11.1 Å². The Labute approximate surface area is 152 Å². The van der Waals surface area contributed by atoms with Crippen molar-refractivity contribution >= 4 is 29.3 Å². The molecular weight excluding hydrogens is 367 g/mol. The quantitative estimate of drug-likeness (QED) is 0.576. The van der Waals surface area contributed by atoms with Crippen molar-refractivity contribution in [1.29, 1.82) is 0 Å². The van der Waals surface area contributed by atoms with E-state index in [4.69, 9.17) is 4.74 Å². The number of hydrogen-bond acceptors (Lipinski definition) is 4. The van der Waals surface area contributed by atoms with E-state index < -0.39 is 29.6 Å². The van der Waals surface area contributed by atoms with Crippen LogP contribution in [-0.4, -0.2) is 23.7 Å². The monoisotopic (exact) mass is 383 g/mol. The maximum absolute atomic E-state index is 13.5. The molecule has 1 N–H and O–H groups in total. The fourth-order valence-electron chi connectivity index (χ4n) is 1.92. The maximum Gasteiger partial charge on any atom is 0.307 e. The molecule has 2 aromatic rings. The summed E-state index contributed by atoms with van der Waals surface area (Å²) in [5.74, 6) is -2.96. The molecule has 0 radical (unpaired) electrons. The van der Waals surface area contributed by atoms with Crippen LogP contribution in [0.4, 0.5) is 18.9 Å². The Hall–Kier alpha value is -2.48. The van der Waals surface area contributed by atoms with E-state index >= 15 is 0 Å². The molecule has 0 aromatic heterocycles. The van der Waals surface area contributed by atoms with Gasteiger partial charge in [0, 0.05) is 16.7 Å². The summed E-state index contributed by atoms with van der Waals surface area (Å²) in [6, 6.07) is 8.55. The summed E-state index contributed by atoms with van der Waals surface area (Å²) >= 11 is 1.35. The lowest BCUT2D eigenvalue weighted by molar-refractivity contribution is -0.152. The van der Waals surface area contributed by atoms with Gasteiger partial charge in [-0.25, -0.2) is 13.2 Å². The molecule has 0 spiro atoms. The molecule has 0 saturated carbocycles. The smallest absolute Gasteiger partial charge is 0.307 e. The van der Waals surface area contributed by atoms with Gasteiger partial charge in [0.2, 0.25) is 0 Å². The van der Waals surface area contributed by atoms with Crippen LogP contribution in [0, 0.1) is 17.5 Å². The first-order chi connectivity index (χ1) is 12.3. The van der Waals surface area contributed by atoms with Crippen molar-refractivity contribution in [1.82, 2.24) is 0 Å². The summed E-state index contributed by atoms with van der Waals surface area (Å²) in [5.41, 5.74) is -0.203. The average molecular weight is 383 g/mol. The van der Waals surface area contributed by atoms with Gasteiger partial charge in [-0.1, -0.05) is 0 Å². The van der Waals surface area contributed by atoms with Gasteiger partial charge in [-0.2, -0.15) is 0 Å². The molecule has 0 aliphatic heterocycles. The molecule has 2 aromatic carbocycles. The molecule has 0 bridgehead atoms. The van der Waals surface area contributed by atoms with Crippen LogP contribution in [0.1, 0.15) is 13.3 Å². The first kappa shape index (κ1) is 19.8. The molecule has 26 heavy (non-hydrogen) atoms. The number of nitrogens with one attached hydrogen (secondary N) is 1. The van der Waals surface area contributed by atoms with Gasteiger partial charge in [-0.05, 0) is 43.3 Å². The molecule has 4 nitrogen and oxygen atoms in total. The van der Waals surface area contributed by atoms with Gasteiger partial charge >= 0.3 is 5.97 Å². The number of anilines is 1. The summed E-state index contributed by atoms with van der Waals surface area (Å²) in [6.07, 6.45) is -1.09. The van der Waals surface area contributed by atoms with Crippen LogP contribution in [0.2, 0.25) is 0 Å². The van der Waals surface area contributed by atoms with E-state index in [0.717, 1.165) is 17.0 Å². The van der Waals surface area contributed by atoms with Crippen LogP contribution in [0.15, 0.2) is 47.4 Å². The zero-order chi connectivity index (χ0) is 19.1. The molecule has 0 aliphatic rings. The summed E-state index contributed by atoms with van der Waals surface area (Å²) < 4.78 is 44.1. The summed E-state index contributed by atoms with van der Waals surface area (Å²) in [6.45, 7) is 1.35. The number of benzene rings is 2. The number of thioether (sulfide) groups is 1. The topological polar surface area (TPSA) is 55.4 Å². The zero-order valence-electron chi connectivity index (χ0n) is 13.8. The van der Waals surface area contributed by atoms with Gasteiger partial charge in [0.05, 0.1) is 12.1 Å². The van der Waals surface area contributed by atoms with Crippen molar-refractivity contribution in [2.45, 2.75) is 24.3 Å². The van der Waals surface area contributed by atoms with Gasteiger partial charge in [0.1, 0.15) is 17.5 Å². The molecule has 1 amide bonds. The van der Waals surface area contributed by atoms with E-state index in [9.17, 15) is 22.8 Å². The van der Waals surface area contributed by atoms with Crippen LogP contribution < -0.4 is 5.32 Å². The number of rotatable bonds is 7. The molecule has 0 saturated heterocycles. The van der Waals surface area contributed by atoms with Crippen LogP contribution in [-0.2, 0) is 14.3 Å². The van der Waals surface area contributed by atoms with E-state index in [2.05, 4.69) is 5.32 Å². The van der Waals surface area contributed by atoms with Crippen molar-refractivity contribution < 1.29 is 27.5 Å². The highest BCUT2D eigenvalue weighted by molar-refractivity contribution is 7.99.